The van der Waals surface area contributed by atoms with Crippen LogP contribution in [0, 0.1) is 11.3 Å². The first-order valence-corrected chi connectivity index (χ1v) is 10.3. The number of carbonyl (C=O) groups is 1. The molecule has 154 valence electrons. The summed E-state index contributed by atoms with van der Waals surface area (Å²) < 4.78 is 7.74. The first-order chi connectivity index (χ1) is 14.5. The van der Waals surface area contributed by atoms with Gasteiger partial charge in [-0.15, -0.1) is 0 Å². The zero-order valence-corrected chi connectivity index (χ0v) is 17.1. The van der Waals surface area contributed by atoms with Crippen LogP contribution >= 0.6 is 0 Å². The number of nitrogens with zero attached hydrogens (tertiary/aromatic N) is 7. The Bertz CT molecular complexity index is 1140. The van der Waals surface area contributed by atoms with Crippen LogP contribution in [0.3, 0.4) is 0 Å². The number of aromatic nitrogens is 4. The van der Waals surface area contributed by atoms with Crippen LogP contribution in [0.15, 0.2) is 22.9 Å². The average Bonchev–Trinajstić information content (AvgIpc) is 3.38. The molecule has 3 aromatic rings. The normalized spacial score (nSPS) is 17.0. The minimum Gasteiger partial charge on any atom is -0.423 e. The minimum absolute atomic E-state index is 0.0434. The van der Waals surface area contributed by atoms with E-state index in [1.807, 2.05) is 34.4 Å². The van der Waals surface area contributed by atoms with Crippen LogP contribution in [0.1, 0.15) is 60.6 Å². The largest absolute Gasteiger partial charge is 0.423 e. The number of pyridine rings is 1. The highest BCUT2D eigenvalue weighted by atomic mass is 16.4. The van der Waals surface area contributed by atoms with Crippen LogP contribution in [-0.2, 0) is 0 Å². The number of amides is 1. The van der Waals surface area contributed by atoms with Crippen LogP contribution in [0.4, 0.5) is 5.88 Å². The molecular weight excluding hydrogens is 382 g/mol. The summed E-state index contributed by atoms with van der Waals surface area (Å²) in [6, 6.07) is 4.20. The van der Waals surface area contributed by atoms with Crippen molar-refractivity contribution in [3.63, 3.8) is 0 Å². The average molecular weight is 405 g/mol. The highest BCUT2D eigenvalue weighted by molar-refractivity contribution is 5.97. The third-order valence-electron chi connectivity index (χ3n) is 5.68. The first kappa shape index (κ1) is 18.6. The van der Waals surface area contributed by atoms with Crippen molar-refractivity contribution >= 4 is 22.8 Å². The molecule has 0 atom stereocenters. The number of nitriles is 1. The molecule has 0 bridgehead atoms. The summed E-state index contributed by atoms with van der Waals surface area (Å²) in [5, 5.41) is 14.6. The van der Waals surface area contributed by atoms with Gasteiger partial charge in [-0.1, -0.05) is 0 Å². The second-order valence-electron chi connectivity index (χ2n) is 8.19. The number of oxazole rings is 1. The summed E-state index contributed by atoms with van der Waals surface area (Å²) in [4.78, 5) is 25.6. The molecule has 1 aliphatic carbocycles. The van der Waals surface area contributed by atoms with Crippen molar-refractivity contribution in [1.29, 1.82) is 5.26 Å². The molecule has 3 aromatic heterocycles. The number of rotatable bonds is 4. The molecular formula is C21H23N7O2. The second-order valence-corrected chi connectivity index (χ2v) is 8.19. The molecule has 0 radical (unpaired) electrons. The van der Waals surface area contributed by atoms with Crippen molar-refractivity contribution in [2.75, 3.05) is 31.1 Å². The van der Waals surface area contributed by atoms with Gasteiger partial charge in [0, 0.05) is 49.7 Å². The second kappa shape index (κ2) is 7.13. The van der Waals surface area contributed by atoms with E-state index in [2.05, 4.69) is 21.1 Å². The Balaban J connectivity index is 1.29. The van der Waals surface area contributed by atoms with Gasteiger partial charge in [0.05, 0.1) is 11.8 Å². The van der Waals surface area contributed by atoms with Crippen LogP contribution < -0.4 is 4.90 Å². The van der Waals surface area contributed by atoms with Crippen LogP contribution in [0.5, 0.6) is 0 Å². The van der Waals surface area contributed by atoms with Crippen molar-refractivity contribution in [3.05, 3.63) is 35.6 Å². The zero-order chi connectivity index (χ0) is 20.8. The lowest BCUT2D eigenvalue weighted by Gasteiger charge is -2.34. The van der Waals surface area contributed by atoms with Gasteiger partial charge in [0.25, 0.3) is 5.91 Å². The number of hydrogen-bond donors (Lipinski definition) is 0. The Labute approximate surface area is 173 Å². The fraction of sp³-hybridized carbons (Fsp3) is 0.476. The summed E-state index contributed by atoms with van der Waals surface area (Å²) in [5.74, 6) is 1.52. The molecule has 9 nitrogen and oxygen atoms in total. The van der Waals surface area contributed by atoms with Gasteiger partial charge in [-0.25, -0.2) is 14.6 Å². The molecule has 2 aliphatic rings. The topological polar surface area (TPSA) is 104 Å². The monoisotopic (exact) mass is 405 g/mol. The number of anilines is 1. The summed E-state index contributed by atoms with van der Waals surface area (Å²) in [6.45, 7) is 6.39. The molecule has 0 spiro atoms. The lowest BCUT2D eigenvalue weighted by Crippen LogP contribution is -2.49. The number of piperazine rings is 1. The van der Waals surface area contributed by atoms with Crippen LogP contribution in [-0.4, -0.2) is 56.7 Å². The van der Waals surface area contributed by atoms with E-state index < -0.39 is 0 Å². The quantitative estimate of drug-likeness (QED) is 0.657. The number of carbonyl (C=O) groups excluding carboxylic acids is 1. The van der Waals surface area contributed by atoms with Gasteiger partial charge < -0.3 is 14.2 Å². The van der Waals surface area contributed by atoms with Gasteiger partial charge in [-0.3, -0.25) is 4.79 Å². The van der Waals surface area contributed by atoms with E-state index >= 15 is 0 Å². The van der Waals surface area contributed by atoms with Gasteiger partial charge in [-0.2, -0.15) is 10.4 Å². The molecule has 0 N–H and O–H groups in total. The predicted molar refractivity (Wildman–Crippen MR) is 109 cm³/mol. The highest BCUT2D eigenvalue weighted by Gasteiger charge is 2.33. The lowest BCUT2D eigenvalue weighted by molar-refractivity contribution is 0.0745. The van der Waals surface area contributed by atoms with Gasteiger partial charge >= 0.3 is 0 Å². The molecule has 2 fully saturated rings. The van der Waals surface area contributed by atoms with E-state index in [1.165, 1.54) is 0 Å². The summed E-state index contributed by atoms with van der Waals surface area (Å²) >= 11 is 0. The summed E-state index contributed by atoms with van der Waals surface area (Å²) in [6.07, 6.45) is 5.52. The van der Waals surface area contributed by atoms with Crippen molar-refractivity contribution in [3.8, 4) is 6.07 Å². The van der Waals surface area contributed by atoms with Crippen molar-refractivity contribution in [2.24, 2.45) is 0 Å². The minimum atomic E-state index is -0.0434. The predicted octanol–water partition coefficient (Wildman–Crippen LogP) is 2.71. The van der Waals surface area contributed by atoms with E-state index in [0.717, 1.165) is 23.9 Å². The molecule has 1 amide bonds. The van der Waals surface area contributed by atoms with Crippen molar-refractivity contribution < 1.29 is 9.21 Å². The molecule has 0 unspecified atom stereocenters. The number of fused-ring (bicyclic) bond motifs is 1. The van der Waals surface area contributed by atoms with Crippen LogP contribution in [0.25, 0.3) is 11.0 Å². The lowest BCUT2D eigenvalue weighted by atomic mass is 10.2. The SMILES string of the molecule is CC(C)n1ncc2cc(C(=O)N3CCN(c4oc(C5CC5)nc4C#N)CC3)cnc21. The highest BCUT2D eigenvalue weighted by Crippen LogP contribution is 2.41. The van der Waals surface area contributed by atoms with Crippen molar-refractivity contribution in [1.82, 2.24) is 24.6 Å². The van der Waals surface area contributed by atoms with Gasteiger partial charge in [0.15, 0.2) is 5.65 Å². The Kier molecular flexibility index (Phi) is 4.42. The fourth-order valence-electron chi connectivity index (χ4n) is 3.85. The Hall–Kier alpha value is -3.41. The molecule has 4 heterocycles. The Morgan fingerprint density at radius 2 is 2.00 bits per heavy atom. The maximum absolute atomic E-state index is 13.0. The van der Waals surface area contributed by atoms with Crippen LogP contribution in [0.2, 0.25) is 0 Å². The fourth-order valence-corrected chi connectivity index (χ4v) is 3.85. The molecule has 9 heteroatoms. The van der Waals surface area contributed by atoms with Crippen molar-refractivity contribution in [2.45, 2.75) is 38.6 Å². The maximum Gasteiger partial charge on any atom is 0.255 e. The van der Waals surface area contributed by atoms with Gasteiger partial charge in [-0.05, 0) is 32.8 Å². The van der Waals surface area contributed by atoms with E-state index in [-0.39, 0.29) is 11.9 Å². The maximum atomic E-state index is 13.0. The molecule has 30 heavy (non-hydrogen) atoms. The molecule has 5 rings (SSSR count). The first-order valence-electron chi connectivity index (χ1n) is 10.3. The van der Waals surface area contributed by atoms with E-state index in [0.29, 0.717) is 55.1 Å². The number of hydrogen-bond acceptors (Lipinski definition) is 7. The molecule has 1 aliphatic heterocycles. The van der Waals surface area contributed by atoms with E-state index in [4.69, 9.17) is 4.42 Å². The molecule has 1 saturated heterocycles. The van der Waals surface area contributed by atoms with E-state index in [1.54, 1.807) is 12.4 Å². The smallest absolute Gasteiger partial charge is 0.255 e. The zero-order valence-electron chi connectivity index (χ0n) is 17.1. The standard InChI is InChI=1S/C21H23N7O2/c1-13(2)28-18-15(12-24-28)9-16(11-23-18)20(29)26-5-7-27(8-6-26)21-17(10-22)25-19(30-21)14-3-4-14/h9,11-14H,3-8H2,1-2H3. The third kappa shape index (κ3) is 3.18. The summed E-state index contributed by atoms with van der Waals surface area (Å²) in [7, 11) is 0. The Morgan fingerprint density at radius 3 is 2.67 bits per heavy atom. The Morgan fingerprint density at radius 1 is 1.23 bits per heavy atom. The van der Waals surface area contributed by atoms with Gasteiger partial charge in [0.1, 0.15) is 6.07 Å². The third-order valence-corrected chi connectivity index (χ3v) is 5.68. The van der Waals surface area contributed by atoms with Gasteiger partial charge in [0.2, 0.25) is 17.5 Å². The summed E-state index contributed by atoms with van der Waals surface area (Å²) in [5.41, 5.74) is 1.69. The molecule has 1 saturated carbocycles. The molecule has 0 aromatic carbocycles. The van der Waals surface area contributed by atoms with E-state index in [9.17, 15) is 10.1 Å².